The summed E-state index contributed by atoms with van der Waals surface area (Å²) in [6.45, 7) is 2.31. The summed E-state index contributed by atoms with van der Waals surface area (Å²) in [4.78, 5) is 14.5. The molecular weight excluding hydrogens is 360 g/mol. The molecule has 0 aromatic heterocycles. The van der Waals surface area contributed by atoms with Crippen LogP contribution in [-0.4, -0.2) is 38.6 Å². The van der Waals surface area contributed by atoms with E-state index < -0.39 is 15.9 Å². The standard InChI is InChI=1S/C18H21ClN2O3S/c1-13(21(2)12-14-7-6-8-15(19)11-14)18(22)20-16-9-4-5-10-17(16)25(3,23)24/h4-11,13H,12H2,1-3H3,(H,20,22). The maximum absolute atomic E-state index is 12.5. The molecule has 0 bridgehead atoms. The summed E-state index contributed by atoms with van der Waals surface area (Å²) in [6, 6.07) is 13.4. The summed E-state index contributed by atoms with van der Waals surface area (Å²) in [6.07, 6.45) is 1.12. The van der Waals surface area contributed by atoms with E-state index in [1.807, 2.05) is 30.1 Å². The number of hydrogen-bond donors (Lipinski definition) is 1. The number of benzene rings is 2. The molecule has 134 valence electrons. The van der Waals surface area contributed by atoms with Gasteiger partial charge in [-0.1, -0.05) is 35.9 Å². The van der Waals surface area contributed by atoms with Crippen LogP contribution in [0.3, 0.4) is 0 Å². The third kappa shape index (κ3) is 5.29. The fraction of sp³-hybridized carbons (Fsp3) is 0.278. The lowest BCUT2D eigenvalue weighted by Crippen LogP contribution is -2.39. The van der Waals surface area contributed by atoms with Crippen LogP contribution in [0, 0.1) is 0 Å². The molecule has 1 atom stereocenters. The molecule has 0 spiro atoms. The highest BCUT2D eigenvalue weighted by Gasteiger charge is 2.21. The molecule has 0 aliphatic rings. The third-order valence-electron chi connectivity index (χ3n) is 3.91. The van der Waals surface area contributed by atoms with Gasteiger partial charge >= 0.3 is 0 Å². The van der Waals surface area contributed by atoms with Gasteiger partial charge in [-0.05, 0) is 43.8 Å². The summed E-state index contributed by atoms with van der Waals surface area (Å²) in [7, 11) is -1.59. The van der Waals surface area contributed by atoms with Crippen molar-refractivity contribution in [3.63, 3.8) is 0 Å². The van der Waals surface area contributed by atoms with E-state index in [9.17, 15) is 13.2 Å². The highest BCUT2D eigenvalue weighted by atomic mass is 35.5. The first-order valence-corrected chi connectivity index (χ1v) is 10.00. The smallest absolute Gasteiger partial charge is 0.241 e. The van der Waals surface area contributed by atoms with E-state index in [2.05, 4.69) is 5.32 Å². The molecule has 0 saturated carbocycles. The maximum atomic E-state index is 12.5. The summed E-state index contributed by atoms with van der Waals surface area (Å²) in [5.74, 6) is -0.277. The maximum Gasteiger partial charge on any atom is 0.241 e. The van der Waals surface area contributed by atoms with Crippen molar-refractivity contribution in [2.75, 3.05) is 18.6 Å². The van der Waals surface area contributed by atoms with Crippen LogP contribution >= 0.6 is 11.6 Å². The third-order valence-corrected chi connectivity index (χ3v) is 5.30. The molecule has 2 aromatic rings. The Morgan fingerprint density at radius 3 is 2.52 bits per heavy atom. The van der Waals surface area contributed by atoms with Crippen molar-refractivity contribution in [2.24, 2.45) is 0 Å². The molecule has 0 aliphatic carbocycles. The van der Waals surface area contributed by atoms with Gasteiger partial charge in [0.15, 0.2) is 9.84 Å². The topological polar surface area (TPSA) is 66.5 Å². The molecule has 0 radical (unpaired) electrons. The molecule has 5 nitrogen and oxygen atoms in total. The minimum absolute atomic E-state index is 0.105. The van der Waals surface area contributed by atoms with Crippen molar-refractivity contribution in [3.05, 3.63) is 59.1 Å². The van der Waals surface area contributed by atoms with Crippen molar-refractivity contribution < 1.29 is 13.2 Å². The van der Waals surface area contributed by atoms with E-state index in [-0.39, 0.29) is 16.5 Å². The summed E-state index contributed by atoms with van der Waals surface area (Å²) >= 11 is 5.98. The van der Waals surface area contributed by atoms with Crippen LogP contribution < -0.4 is 5.32 Å². The molecule has 7 heteroatoms. The number of carbonyl (C=O) groups excluding carboxylic acids is 1. The molecule has 0 aliphatic heterocycles. The number of halogens is 1. The average Bonchev–Trinajstić information content (AvgIpc) is 2.53. The van der Waals surface area contributed by atoms with Crippen LogP contribution in [0.25, 0.3) is 0 Å². The van der Waals surface area contributed by atoms with Crippen molar-refractivity contribution in [3.8, 4) is 0 Å². The van der Waals surface area contributed by atoms with Gasteiger partial charge in [0.1, 0.15) is 0 Å². The number of rotatable bonds is 6. The van der Waals surface area contributed by atoms with Crippen LogP contribution in [0.5, 0.6) is 0 Å². The lowest BCUT2D eigenvalue weighted by atomic mass is 10.2. The zero-order valence-corrected chi connectivity index (χ0v) is 15.9. The second-order valence-electron chi connectivity index (χ2n) is 5.98. The van der Waals surface area contributed by atoms with Crippen molar-refractivity contribution in [1.82, 2.24) is 4.90 Å². The van der Waals surface area contributed by atoms with Gasteiger partial charge in [0.25, 0.3) is 0 Å². The lowest BCUT2D eigenvalue weighted by Gasteiger charge is -2.24. The molecule has 1 N–H and O–H groups in total. The molecule has 1 unspecified atom stereocenters. The number of sulfone groups is 1. The van der Waals surface area contributed by atoms with Gasteiger partial charge in [-0.25, -0.2) is 8.42 Å². The zero-order valence-electron chi connectivity index (χ0n) is 14.4. The van der Waals surface area contributed by atoms with E-state index in [0.717, 1.165) is 11.8 Å². The number of anilines is 1. The van der Waals surface area contributed by atoms with Crippen LogP contribution in [0.1, 0.15) is 12.5 Å². The van der Waals surface area contributed by atoms with E-state index in [1.54, 1.807) is 31.2 Å². The molecule has 0 fully saturated rings. The minimum atomic E-state index is -3.42. The summed E-state index contributed by atoms with van der Waals surface area (Å²) in [5, 5.41) is 3.35. The Labute approximate surface area is 153 Å². The number of amides is 1. The molecule has 2 aromatic carbocycles. The lowest BCUT2D eigenvalue weighted by molar-refractivity contribution is -0.120. The highest BCUT2D eigenvalue weighted by molar-refractivity contribution is 7.90. The van der Waals surface area contributed by atoms with Gasteiger partial charge in [-0.2, -0.15) is 0 Å². The fourth-order valence-electron chi connectivity index (χ4n) is 2.39. The van der Waals surface area contributed by atoms with Gasteiger partial charge < -0.3 is 5.32 Å². The molecule has 0 saturated heterocycles. The number of hydrogen-bond acceptors (Lipinski definition) is 4. The predicted octanol–water partition coefficient (Wildman–Crippen LogP) is 3.20. The van der Waals surface area contributed by atoms with Crippen molar-refractivity contribution in [2.45, 2.75) is 24.4 Å². The van der Waals surface area contributed by atoms with Crippen molar-refractivity contribution >= 4 is 33.0 Å². The molecule has 25 heavy (non-hydrogen) atoms. The average molecular weight is 381 g/mol. The fourth-order valence-corrected chi connectivity index (χ4v) is 3.45. The van der Waals surface area contributed by atoms with Gasteiger partial charge in [-0.15, -0.1) is 0 Å². The van der Waals surface area contributed by atoms with Crippen LogP contribution in [0.15, 0.2) is 53.4 Å². The molecule has 1 amide bonds. The Morgan fingerprint density at radius 2 is 1.88 bits per heavy atom. The van der Waals surface area contributed by atoms with Gasteiger partial charge in [0, 0.05) is 17.8 Å². The second kappa shape index (κ2) is 7.99. The minimum Gasteiger partial charge on any atom is -0.324 e. The number of likely N-dealkylation sites (N-methyl/N-ethyl adjacent to an activating group) is 1. The van der Waals surface area contributed by atoms with Crippen LogP contribution in [0.2, 0.25) is 5.02 Å². The van der Waals surface area contributed by atoms with E-state index in [1.165, 1.54) is 6.07 Å². The number of carbonyl (C=O) groups is 1. The predicted molar refractivity (Wildman–Crippen MR) is 101 cm³/mol. The monoisotopic (exact) mass is 380 g/mol. The normalized spacial score (nSPS) is 12.8. The SMILES string of the molecule is CC(C(=O)Nc1ccccc1S(C)(=O)=O)N(C)Cc1cccc(Cl)c1. The van der Waals surface area contributed by atoms with Gasteiger partial charge in [0.2, 0.25) is 5.91 Å². The quantitative estimate of drug-likeness (QED) is 0.835. The number of nitrogens with zero attached hydrogens (tertiary/aromatic N) is 1. The zero-order chi connectivity index (χ0) is 18.6. The van der Waals surface area contributed by atoms with Crippen LogP contribution in [-0.2, 0) is 21.2 Å². The molecule has 0 heterocycles. The Balaban J connectivity index is 2.10. The Hall–Kier alpha value is -1.89. The molecular formula is C18H21ClN2O3S. The van der Waals surface area contributed by atoms with Gasteiger partial charge in [-0.3, -0.25) is 9.69 Å². The Kier molecular flexibility index (Phi) is 6.21. The van der Waals surface area contributed by atoms with E-state index in [4.69, 9.17) is 11.6 Å². The first-order chi connectivity index (χ1) is 11.7. The Morgan fingerprint density at radius 1 is 1.20 bits per heavy atom. The number of nitrogens with one attached hydrogen (secondary N) is 1. The van der Waals surface area contributed by atoms with Crippen LogP contribution in [0.4, 0.5) is 5.69 Å². The summed E-state index contributed by atoms with van der Waals surface area (Å²) < 4.78 is 23.7. The molecule has 2 rings (SSSR count). The highest BCUT2D eigenvalue weighted by Crippen LogP contribution is 2.21. The largest absolute Gasteiger partial charge is 0.324 e. The second-order valence-corrected chi connectivity index (χ2v) is 8.40. The first kappa shape index (κ1) is 19.4. The number of para-hydroxylation sites is 1. The van der Waals surface area contributed by atoms with Gasteiger partial charge in [0.05, 0.1) is 16.6 Å². The summed E-state index contributed by atoms with van der Waals surface area (Å²) in [5.41, 5.74) is 1.28. The van der Waals surface area contributed by atoms with Crippen molar-refractivity contribution in [1.29, 1.82) is 0 Å². The Bertz CT molecular complexity index is 868. The van der Waals surface area contributed by atoms with E-state index in [0.29, 0.717) is 11.6 Å². The van der Waals surface area contributed by atoms with E-state index >= 15 is 0 Å². The first-order valence-electron chi connectivity index (χ1n) is 7.73.